The highest BCUT2D eigenvalue weighted by atomic mass is 32.1. The summed E-state index contributed by atoms with van der Waals surface area (Å²) in [6.07, 6.45) is 1.27. The molecule has 1 aliphatic rings. The minimum Gasteiger partial charge on any atom is -0.484 e. The number of benzene rings is 1. The van der Waals surface area contributed by atoms with Crippen molar-refractivity contribution in [2.75, 3.05) is 0 Å². The van der Waals surface area contributed by atoms with E-state index in [4.69, 9.17) is 4.74 Å². The molecule has 0 bridgehead atoms. The highest BCUT2D eigenvalue weighted by molar-refractivity contribution is 7.10. The molecule has 0 N–H and O–H groups in total. The molecule has 0 saturated heterocycles. The number of rotatable bonds is 1. The molecular weight excluding hydrogens is 204 g/mol. The normalized spacial score (nSPS) is 17.8. The van der Waals surface area contributed by atoms with Crippen molar-refractivity contribution in [3.63, 3.8) is 0 Å². The Hall–Kier alpha value is -1.28. The maximum atomic E-state index is 5.98. The van der Waals surface area contributed by atoms with Gasteiger partial charge in [0.2, 0.25) is 0 Å². The Morgan fingerprint density at radius 1 is 1.20 bits per heavy atom. The van der Waals surface area contributed by atoms with Crippen molar-refractivity contribution < 1.29 is 4.74 Å². The second kappa shape index (κ2) is 3.38. The van der Waals surface area contributed by atoms with Crippen molar-refractivity contribution in [1.82, 2.24) is 0 Å². The molecule has 0 spiro atoms. The molecule has 2 aromatic rings. The predicted molar refractivity (Wildman–Crippen MR) is 63.4 cm³/mol. The van der Waals surface area contributed by atoms with Crippen molar-refractivity contribution >= 4 is 11.3 Å². The summed E-state index contributed by atoms with van der Waals surface area (Å²) >= 11 is 1.80. The van der Waals surface area contributed by atoms with E-state index in [0.29, 0.717) is 0 Å². The van der Waals surface area contributed by atoms with E-state index in [0.717, 1.165) is 12.2 Å². The Morgan fingerprint density at radius 2 is 2.07 bits per heavy atom. The van der Waals surface area contributed by atoms with Crippen LogP contribution in [0.25, 0.3) is 11.1 Å². The molecule has 2 heteroatoms. The number of fused-ring (bicyclic) bond motifs is 3. The maximum absolute atomic E-state index is 5.98. The van der Waals surface area contributed by atoms with E-state index in [1.807, 2.05) is 6.07 Å². The molecular formula is C13H12OS. The molecule has 1 nitrogen and oxygen atoms in total. The van der Waals surface area contributed by atoms with E-state index < -0.39 is 0 Å². The van der Waals surface area contributed by atoms with Gasteiger partial charge in [0.05, 0.1) is 4.88 Å². The number of hydrogen-bond donors (Lipinski definition) is 0. The molecule has 3 rings (SSSR count). The van der Waals surface area contributed by atoms with Crippen LogP contribution in [0.5, 0.6) is 5.75 Å². The third-order valence-electron chi connectivity index (χ3n) is 2.80. The van der Waals surface area contributed by atoms with Gasteiger partial charge in [-0.25, -0.2) is 0 Å². The second-order valence-corrected chi connectivity index (χ2v) is 4.66. The number of ether oxygens (including phenoxy) is 1. The zero-order valence-corrected chi connectivity index (χ0v) is 9.38. The number of hydrogen-bond acceptors (Lipinski definition) is 2. The summed E-state index contributed by atoms with van der Waals surface area (Å²) in [6, 6.07) is 10.5. The van der Waals surface area contributed by atoms with Crippen molar-refractivity contribution in [1.29, 1.82) is 0 Å². The van der Waals surface area contributed by atoms with Crippen LogP contribution in [0.3, 0.4) is 0 Å². The summed E-state index contributed by atoms with van der Waals surface area (Å²) in [5.41, 5.74) is 2.59. The van der Waals surface area contributed by atoms with E-state index in [-0.39, 0.29) is 6.10 Å². The smallest absolute Gasteiger partial charge is 0.133 e. The van der Waals surface area contributed by atoms with E-state index in [9.17, 15) is 0 Å². The summed E-state index contributed by atoms with van der Waals surface area (Å²) in [6.45, 7) is 2.17. The lowest BCUT2D eigenvalue weighted by Crippen LogP contribution is -2.10. The monoisotopic (exact) mass is 216 g/mol. The summed E-state index contributed by atoms with van der Waals surface area (Å²) in [5.74, 6) is 1.02. The van der Waals surface area contributed by atoms with Gasteiger partial charge in [0.1, 0.15) is 11.9 Å². The minimum atomic E-state index is 0.245. The average molecular weight is 216 g/mol. The Bertz CT molecular complexity index is 487. The van der Waals surface area contributed by atoms with Crippen LogP contribution in [0.15, 0.2) is 35.7 Å². The first-order valence-electron chi connectivity index (χ1n) is 5.23. The first kappa shape index (κ1) is 8.98. The molecule has 76 valence electrons. The third kappa shape index (κ3) is 1.29. The molecule has 1 atom stereocenters. The summed E-state index contributed by atoms with van der Waals surface area (Å²) in [4.78, 5) is 1.37. The van der Waals surface area contributed by atoms with Crippen LogP contribution in [0.2, 0.25) is 0 Å². The van der Waals surface area contributed by atoms with Gasteiger partial charge >= 0.3 is 0 Å². The standard InChI is InChI=1S/C13H12OS/c1-2-11-13-10(7-8-15-13)9-5-3-4-6-12(9)14-11/h3-8,11H,2H2,1H3. The van der Waals surface area contributed by atoms with Gasteiger partial charge in [-0.2, -0.15) is 0 Å². The lowest BCUT2D eigenvalue weighted by atomic mass is 9.99. The topological polar surface area (TPSA) is 9.23 Å². The van der Waals surface area contributed by atoms with Gasteiger partial charge in [0.15, 0.2) is 0 Å². The van der Waals surface area contributed by atoms with Crippen LogP contribution in [-0.4, -0.2) is 0 Å². The fourth-order valence-electron chi connectivity index (χ4n) is 2.06. The van der Waals surface area contributed by atoms with Gasteiger partial charge in [0, 0.05) is 11.1 Å². The summed E-state index contributed by atoms with van der Waals surface area (Å²) < 4.78 is 5.98. The predicted octanol–water partition coefficient (Wildman–Crippen LogP) is 4.26. The average Bonchev–Trinajstić information content (AvgIpc) is 2.77. The molecule has 0 saturated carbocycles. The zero-order chi connectivity index (χ0) is 10.3. The molecule has 0 amide bonds. The van der Waals surface area contributed by atoms with Crippen molar-refractivity contribution in [2.24, 2.45) is 0 Å². The van der Waals surface area contributed by atoms with Crippen LogP contribution < -0.4 is 4.74 Å². The third-order valence-corrected chi connectivity index (χ3v) is 3.81. The Morgan fingerprint density at radius 3 is 2.93 bits per heavy atom. The first-order chi connectivity index (χ1) is 7.40. The molecule has 0 fully saturated rings. The van der Waals surface area contributed by atoms with Crippen molar-refractivity contribution in [3.05, 3.63) is 40.6 Å². The molecule has 15 heavy (non-hydrogen) atoms. The fourth-order valence-corrected chi connectivity index (χ4v) is 3.08. The van der Waals surface area contributed by atoms with Crippen molar-refractivity contribution in [3.8, 4) is 16.9 Å². The van der Waals surface area contributed by atoms with Crippen LogP contribution in [0, 0.1) is 0 Å². The zero-order valence-electron chi connectivity index (χ0n) is 8.57. The van der Waals surface area contributed by atoms with E-state index >= 15 is 0 Å². The first-order valence-corrected chi connectivity index (χ1v) is 6.11. The molecule has 0 radical (unpaired) electrons. The highest BCUT2D eigenvalue weighted by Crippen LogP contribution is 2.45. The lowest BCUT2D eigenvalue weighted by Gasteiger charge is -2.25. The maximum Gasteiger partial charge on any atom is 0.133 e. The number of thiophene rings is 1. The van der Waals surface area contributed by atoms with Gasteiger partial charge in [-0.05, 0) is 23.9 Å². The second-order valence-electron chi connectivity index (χ2n) is 3.71. The van der Waals surface area contributed by atoms with Crippen LogP contribution >= 0.6 is 11.3 Å². The molecule has 1 aromatic carbocycles. The molecule has 1 aliphatic heterocycles. The van der Waals surface area contributed by atoms with Gasteiger partial charge in [0.25, 0.3) is 0 Å². The quantitative estimate of drug-likeness (QED) is 0.692. The van der Waals surface area contributed by atoms with Gasteiger partial charge in [-0.15, -0.1) is 11.3 Å². The Labute approximate surface area is 93.3 Å². The van der Waals surface area contributed by atoms with Crippen LogP contribution in [-0.2, 0) is 0 Å². The lowest BCUT2D eigenvalue weighted by molar-refractivity contribution is 0.202. The SMILES string of the molecule is CCC1Oc2ccccc2-c2ccsc21. The molecule has 1 unspecified atom stereocenters. The van der Waals surface area contributed by atoms with E-state index in [1.165, 1.54) is 16.0 Å². The van der Waals surface area contributed by atoms with Crippen LogP contribution in [0.4, 0.5) is 0 Å². The number of para-hydroxylation sites is 1. The van der Waals surface area contributed by atoms with Gasteiger partial charge in [-0.3, -0.25) is 0 Å². The highest BCUT2D eigenvalue weighted by Gasteiger charge is 2.25. The largest absolute Gasteiger partial charge is 0.484 e. The Kier molecular flexibility index (Phi) is 2.03. The minimum absolute atomic E-state index is 0.245. The molecule has 2 heterocycles. The van der Waals surface area contributed by atoms with Gasteiger partial charge < -0.3 is 4.74 Å². The van der Waals surface area contributed by atoms with Crippen LogP contribution in [0.1, 0.15) is 24.3 Å². The Balaban J connectivity index is 2.22. The van der Waals surface area contributed by atoms with E-state index in [1.54, 1.807) is 11.3 Å². The summed E-state index contributed by atoms with van der Waals surface area (Å²) in [5, 5.41) is 2.15. The molecule has 0 aliphatic carbocycles. The fraction of sp³-hybridized carbons (Fsp3) is 0.231. The molecule has 1 aromatic heterocycles. The van der Waals surface area contributed by atoms with Crippen molar-refractivity contribution in [2.45, 2.75) is 19.4 Å². The summed E-state index contributed by atoms with van der Waals surface area (Å²) in [7, 11) is 0. The van der Waals surface area contributed by atoms with E-state index in [2.05, 4.69) is 36.6 Å². The van der Waals surface area contributed by atoms with Gasteiger partial charge in [-0.1, -0.05) is 25.1 Å².